The summed E-state index contributed by atoms with van der Waals surface area (Å²) in [6, 6.07) is 6.99. The Kier molecular flexibility index (Phi) is 4.19. The van der Waals surface area contributed by atoms with Gasteiger partial charge in [0.1, 0.15) is 6.73 Å². The maximum absolute atomic E-state index is 12.0. The number of carbonyl (C=O) groups excluding carboxylic acids is 1. The van der Waals surface area contributed by atoms with E-state index in [2.05, 4.69) is 10.4 Å². The molecule has 0 aliphatic rings. The van der Waals surface area contributed by atoms with Crippen molar-refractivity contribution in [3.63, 3.8) is 0 Å². The topological polar surface area (TPSA) is 56.1 Å². The molecule has 0 fully saturated rings. The van der Waals surface area contributed by atoms with Crippen molar-refractivity contribution >= 4 is 23.2 Å². The van der Waals surface area contributed by atoms with Crippen molar-refractivity contribution in [2.24, 2.45) is 0 Å². The van der Waals surface area contributed by atoms with Gasteiger partial charge in [-0.3, -0.25) is 4.79 Å². The lowest BCUT2D eigenvalue weighted by atomic mass is 10.2. The number of nitrogens with one attached hydrogen (secondary N) is 1. The minimum absolute atomic E-state index is 0.278. The smallest absolute Gasteiger partial charge is 0.276 e. The number of anilines is 1. The number of benzene rings is 1. The largest absolute Gasteiger partial charge is 0.362 e. The van der Waals surface area contributed by atoms with Crippen LogP contribution in [0.5, 0.6) is 0 Å². The third kappa shape index (κ3) is 3.13. The van der Waals surface area contributed by atoms with Crippen molar-refractivity contribution < 1.29 is 9.53 Å². The van der Waals surface area contributed by atoms with Crippen molar-refractivity contribution in [2.45, 2.75) is 13.7 Å². The summed E-state index contributed by atoms with van der Waals surface area (Å²) in [6.07, 6.45) is 1.68. The third-order valence-corrected chi connectivity index (χ3v) is 3.06. The fourth-order valence-corrected chi connectivity index (χ4v) is 1.79. The second kappa shape index (κ2) is 5.86. The number of ether oxygens (including phenoxy) is 1. The van der Waals surface area contributed by atoms with Crippen LogP contribution >= 0.6 is 11.6 Å². The predicted molar refractivity (Wildman–Crippen MR) is 73.4 cm³/mol. The highest BCUT2D eigenvalue weighted by Gasteiger charge is 2.11. The molecule has 1 N–H and O–H groups in total. The standard InChI is InChI=1S/C13H14ClN3O2/c1-9-10(14)4-3-5-11(9)15-13(18)12-6-7-17(16-12)8-19-2/h3-7H,8H2,1-2H3,(H,15,18). The lowest BCUT2D eigenvalue weighted by molar-refractivity contribution is 0.101. The maximum atomic E-state index is 12.0. The number of halogens is 1. The van der Waals surface area contributed by atoms with Gasteiger partial charge in [-0.25, -0.2) is 4.68 Å². The summed E-state index contributed by atoms with van der Waals surface area (Å²) in [5.41, 5.74) is 1.84. The van der Waals surface area contributed by atoms with Gasteiger partial charge in [0, 0.05) is 24.0 Å². The number of amides is 1. The van der Waals surface area contributed by atoms with Crippen molar-refractivity contribution in [1.29, 1.82) is 0 Å². The van der Waals surface area contributed by atoms with Crippen molar-refractivity contribution in [3.8, 4) is 0 Å². The van der Waals surface area contributed by atoms with Gasteiger partial charge in [-0.15, -0.1) is 0 Å². The summed E-state index contributed by atoms with van der Waals surface area (Å²) in [5, 5.41) is 7.49. The van der Waals surface area contributed by atoms with Gasteiger partial charge in [0.25, 0.3) is 5.91 Å². The number of aromatic nitrogens is 2. The first-order valence-corrected chi connectivity index (χ1v) is 6.08. The van der Waals surface area contributed by atoms with Gasteiger partial charge in [-0.05, 0) is 30.7 Å². The molecule has 2 rings (SSSR count). The SMILES string of the molecule is COCn1ccc(C(=O)Nc2cccc(Cl)c2C)n1. The predicted octanol–water partition coefficient (Wildman–Crippen LogP) is 2.70. The highest BCUT2D eigenvalue weighted by atomic mass is 35.5. The van der Waals surface area contributed by atoms with Crippen LogP contribution in [0.25, 0.3) is 0 Å². The lowest BCUT2D eigenvalue weighted by Gasteiger charge is -2.08. The van der Waals surface area contributed by atoms with Crippen LogP contribution < -0.4 is 5.32 Å². The van der Waals surface area contributed by atoms with Crippen LogP contribution in [0.2, 0.25) is 5.02 Å². The van der Waals surface area contributed by atoms with E-state index in [9.17, 15) is 4.79 Å². The van der Waals surface area contributed by atoms with Crippen LogP contribution in [-0.2, 0) is 11.5 Å². The molecule has 0 saturated heterocycles. The molecular formula is C13H14ClN3O2. The quantitative estimate of drug-likeness (QED) is 0.936. The van der Waals surface area contributed by atoms with Gasteiger partial charge in [0.15, 0.2) is 5.69 Å². The Morgan fingerprint density at radius 2 is 2.26 bits per heavy atom. The molecule has 1 heterocycles. The molecule has 2 aromatic rings. The zero-order valence-corrected chi connectivity index (χ0v) is 11.4. The summed E-state index contributed by atoms with van der Waals surface area (Å²) in [6.45, 7) is 2.16. The number of hydrogen-bond donors (Lipinski definition) is 1. The zero-order chi connectivity index (χ0) is 13.8. The van der Waals surface area contributed by atoms with E-state index >= 15 is 0 Å². The van der Waals surface area contributed by atoms with E-state index in [1.54, 1.807) is 42.3 Å². The second-order valence-corrected chi connectivity index (χ2v) is 4.43. The van der Waals surface area contributed by atoms with Gasteiger partial charge >= 0.3 is 0 Å². The van der Waals surface area contributed by atoms with Crippen LogP contribution in [0.3, 0.4) is 0 Å². The number of carbonyl (C=O) groups is 1. The summed E-state index contributed by atoms with van der Waals surface area (Å²) in [4.78, 5) is 12.0. The zero-order valence-electron chi connectivity index (χ0n) is 10.7. The van der Waals surface area contributed by atoms with E-state index < -0.39 is 0 Å². The Labute approximate surface area is 116 Å². The van der Waals surface area contributed by atoms with Crippen molar-refractivity contribution in [1.82, 2.24) is 9.78 Å². The Morgan fingerprint density at radius 1 is 1.47 bits per heavy atom. The Bertz CT molecular complexity index is 595. The van der Waals surface area contributed by atoms with Crippen molar-refractivity contribution in [3.05, 3.63) is 46.7 Å². The van der Waals surface area contributed by atoms with Gasteiger partial charge in [0.2, 0.25) is 0 Å². The van der Waals surface area contributed by atoms with E-state index in [0.717, 1.165) is 5.56 Å². The molecule has 6 heteroatoms. The average Bonchev–Trinajstić information content (AvgIpc) is 2.84. The fourth-order valence-electron chi connectivity index (χ4n) is 1.62. The minimum Gasteiger partial charge on any atom is -0.362 e. The van der Waals surface area contributed by atoms with Crippen LogP contribution in [0.15, 0.2) is 30.5 Å². The highest BCUT2D eigenvalue weighted by Crippen LogP contribution is 2.23. The van der Waals surface area contributed by atoms with Crippen LogP contribution in [0, 0.1) is 6.92 Å². The molecule has 0 bridgehead atoms. The van der Waals surface area contributed by atoms with Gasteiger partial charge < -0.3 is 10.1 Å². The highest BCUT2D eigenvalue weighted by molar-refractivity contribution is 6.31. The normalized spacial score (nSPS) is 10.5. The van der Waals surface area contributed by atoms with Crippen molar-refractivity contribution in [2.75, 3.05) is 12.4 Å². The van der Waals surface area contributed by atoms with Gasteiger partial charge in [0.05, 0.1) is 0 Å². The summed E-state index contributed by atoms with van der Waals surface area (Å²) < 4.78 is 6.47. The molecule has 0 saturated carbocycles. The molecule has 1 aromatic carbocycles. The van der Waals surface area contributed by atoms with Crippen LogP contribution in [0.4, 0.5) is 5.69 Å². The number of nitrogens with zero attached hydrogens (tertiary/aromatic N) is 2. The molecule has 100 valence electrons. The third-order valence-electron chi connectivity index (χ3n) is 2.65. The first-order valence-electron chi connectivity index (χ1n) is 5.70. The summed E-state index contributed by atoms with van der Waals surface area (Å²) in [5.74, 6) is -0.278. The molecule has 0 radical (unpaired) electrons. The molecule has 19 heavy (non-hydrogen) atoms. The molecule has 0 aliphatic carbocycles. The summed E-state index contributed by atoms with van der Waals surface area (Å²) >= 11 is 6.00. The fraction of sp³-hybridized carbons (Fsp3) is 0.231. The first kappa shape index (κ1) is 13.6. The second-order valence-electron chi connectivity index (χ2n) is 4.02. The lowest BCUT2D eigenvalue weighted by Crippen LogP contribution is -2.14. The Balaban J connectivity index is 2.14. The molecule has 1 aromatic heterocycles. The Hall–Kier alpha value is -1.85. The van der Waals surface area contributed by atoms with E-state index in [0.29, 0.717) is 23.1 Å². The molecule has 1 amide bonds. The van der Waals surface area contributed by atoms with E-state index in [4.69, 9.17) is 16.3 Å². The number of rotatable bonds is 4. The number of hydrogen-bond acceptors (Lipinski definition) is 3. The monoisotopic (exact) mass is 279 g/mol. The Morgan fingerprint density at radius 3 is 3.00 bits per heavy atom. The van der Waals surface area contributed by atoms with Crippen LogP contribution in [-0.4, -0.2) is 22.8 Å². The van der Waals surface area contributed by atoms with Gasteiger partial charge in [-0.2, -0.15) is 5.10 Å². The molecular weight excluding hydrogens is 266 g/mol. The molecule has 0 aliphatic heterocycles. The summed E-state index contributed by atoms with van der Waals surface area (Å²) in [7, 11) is 1.57. The van der Waals surface area contributed by atoms with Crippen LogP contribution in [0.1, 0.15) is 16.1 Å². The van der Waals surface area contributed by atoms with E-state index in [1.165, 1.54) is 0 Å². The molecule has 0 unspecified atom stereocenters. The van der Waals surface area contributed by atoms with E-state index in [-0.39, 0.29) is 5.91 Å². The first-order chi connectivity index (χ1) is 9.11. The van der Waals surface area contributed by atoms with Gasteiger partial charge in [-0.1, -0.05) is 17.7 Å². The minimum atomic E-state index is -0.278. The number of methoxy groups -OCH3 is 1. The molecule has 0 atom stereocenters. The average molecular weight is 280 g/mol. The molecule has 0 spiro atoms. The van der Waals surface area contributed by atoms with E-state index in [1.807, 2.05) is 6.92 Å². The maximum Gasteiger partial charge on any atom is 0.276 e. The molecule has 5 nitrogen and oxygen atoms in total.